The van der Waals surface area contributed by atoms with Gasteiger partial charge in [0.15, 0.2) is 0 Å². The van der Waals surface area contributed by atoms with E-state index < -0.39 is 0 Å². The summed E-state index contributed by atoms with van der Waals surface area (Å²) in [6, 6.07) is 8.65. The largest absolute Gasteiger partial charge is 0.354 e. The number of aryl methyl sites for hydroxylation is 1. The fraction of sp³-hybridized carbons (Fsp3) is 0.357. The van der Waals surface area contributed by atoms with Gasteiger partial charge in [-0.2, -0.15) is 0 Å². The Kier molecular flexibility index (Phi) is 2.69. The molecule has 1 N–H and O–H groups in total. The van der Waals surface area contributed by atoms with Crippen LogP contribution in [0.3, 0.4) is 0 Å². The molecule has 1 aromatic heterocycles. The third-order valence-electron chi connectivity index (χ3n) is 3.32. The van der Waals surface area contributed by atoms with Crippen LogP contribution in [0.4, 0.5) is 5.82 Å². The fourth-order valence-electron chi connectivity index (χ4n) is 2.40. The first-order valence-corrected chi connectivity index (χ1v) is 6.16. The van der Waals surface area contributed by atoms with Crippen LogP contribution < -0.4 is 10.2 Å². The topological polar surface area (TPSA) is 28.2 Å². The molecule has 1 aliphatic rings. The van der Waals surface area contributed by atoms with Gasteiger partial charge in [-0.1, -0.05) is 17.7 Å². The summed E-state index contributed by atoms with van der Waals surface area (Å²) in [6.07, 6.45) is 1.91. The van der Waals surface area contributed by atoms with Crippen molar-refractivity contribution in [3.63, 3.8) is 0 Å². The SMILES string of the molecule is Cc1ccc2ccnc(N3CCNCC3)c2c1. The summed E-state index contributed by atoms with van der Waals surface area (Å²) in [5.74, 6) is 1.13. The van der Waals surface area contributed by atoms with Crippen LogP contribution >= 0.6 is 0 Å². The van der Waals surface area contributed by atoms with Gasteiger partial charge in [0.1, 0.15) is 5.82 Å². The number of hydrogen-bond donors (Lipinski definition) is 1. The van der Waals surface area contributed by atoms with E-state index >= 15 is 0 Å². The zero-order valence-electron chi connectivity index (χ0n) is 10.1. The predicted molar refractivity (Wildman–Crippen MR) is 71.6 cm³/mol. The van der Waals surface area contributed by atoms with Crippen LogP contribution in [-0.2, 0) is 0 Å². The molecule has 3 rings (SSSR count). The zero-order valence-corrected chi connectivity index (χ0v) is 10.1. The zero-order chi connectivity index (χ0) is 11.7. The highest BCUT2D eigenvalue weighted by Crippen LogP contribution is 2.25. The first-order chi connectivity index (χ1) is 8.34. The number of pyridine rings is 1. The molecule has 1 aliphatic heterocycles. The third kappa shape index (κ3) is 1.98. The summed E-state index contributed by atoms with van der Waals surface area (Å²) in [7, 11) is 0. The van der Waals surface area contributed by atoms with Crippen molar-refractivity contribution in [2.24, 2.45) is 0 Å². The Morgan fingerprint density at radius 3 is 2.82 bits per heavy atom. The van der Waals surface area contributed by atoms with Crippen molar-refractivity contribution in [3.8, 4) is 0 Å². The Bertz CT molecular complexity index is 530. The Hall–Kier alpha value is -1.61. The van der Waals surface area contributed by atoms with Gasteiger partial charge in [-0.05, 0) is 24.4 Å². The van der Waals surface area contributed by atoms with Crippen LogP contribution in [0.5, 0.6) is 0 Å². The van der Waals surface area contributed by atoms with Crippen molar-refractivity contribution < 1.29 is 0 Å². The minimum Gasteiger partial charge on any atom is -0.354 e. The quantitative estimate of drug-likeness (QED) is 0.807. The Labute approximate surface area is 101 Å². The van der Waals surface area contributed by atoms with Crippen LogP contribution in [0, 0.1) is 6.92 Å². The summed E-state index contributed by atoms with van der Waals surface area (Å²) in [5, 5.41) is 5.92. The second kappa shape index (κ2) is 4.34. The third-order valence-corrected chi connectivity index (χ3v) is 3.32. The lowest BCUT2D eigenvalue weighted by atomic mass is 10.1. The molecule has 0 bridgehead atoms. The molecule has 0 radical (unpaired) electrons. The number of fused-ring (bicyclic) bond motifs is 1. The number of aromatic nitrogens is 1. The molecule has 3 heteroatoms. The monoisotopic (exact) mass is 227 g/mol. The Morgan fingerprint density at radius 2 is 2.00 bits per heavy atom. The molecule has 0 aliphatic carbocycles. The molecule has 1 aromatic carbocycles. The number of rotatable bonds is 1. The lowest BCUT2D eigenvalue weighted by molar-refractivity contribution is 0.586. The molecule has 3 nitrogen and oxygen atoms in total. The Morgan fingerprint density at radius 1 is 1.18 bits per heavy atom. The lowest BCUT2D eigenvalue weighted by Crippen LogP contribution is -2.43. The van der Waals surface area contributed by atoms with E-state index in [1.807, 2.05) is 6.20 Å². The molecule has 0 saturated carbocycles. The van der Waals surface area contributed by atoms with E-state index in [1.54, 1.807) is 0 Å². The molecule has 88 valence electrons. The van der Waals surface area contributed by atoms with Crippen molar-refractivity contribution in [1.82, 2.24) is 10.3 Å². The summed E-state index contributed by atoms with van der Waals surface area (Å²) in [4.78, 5) is 6.94. The maximum Gasteiger partial charge on any atom is 0.136 e. The smallest absolute Gasteiger partial charge is 0.136 e. The molecule has 17 heavy (non-hydrogen) atoms. The number of nitrogens with zero attached hydrogens (tertiary/aromatic N) is 2. The normalized spacial score (nSPS) is 16.4. The number of anilines is 1. The van der Waals surface area contributed by atoms with Crippen molar-refractivity contribution in [2.45, 2.75) is 6.92 Å². The van der Waals surface area contributed by atoms with Crippen LogP contribution in [0.2, 0.25) is 0 Å². The molecule has 0 spiro atoms. The maximum absolute atomic E-state index is 4.57. The first-order valence-electron chi connectivity index (χ1n) is 6.16. The predicted octanol–water partition coefficient (Wildman–Crippen LogP) is 1.95. The molecule has 0 amide bonds. The van der Waals surface area contributed by atoms with Crippen LogP contribution in [0.15, 0.2) is 30.5 Å². The number of benzene rings is 1. The van der Waals surface area contributed by atoms with E-state index in [2.05, 4.69) is 46.4 Å². The number of nitrogens with one attached hydrogen (secondary N) is 1. The standard InChI is InChI=1S/C14H17N3/c1-11-2-3-12-4-5-16-14(13(12)10-11)17-8-6-15-7-9-17/h2-5,10,15H,6-9H2,1H3. The van der Waals surface area contributed by atoms with Gasteiger partial charge in [-0.3, -0.25) is 0 Å². The minimum absolute atomic E-state index is 1.04. The van der Waals surface area contributed by atoms with E-state index in [1.165, 1.54) is 16.3 Å². The lowest BCUT2D eigenvalue weighted by Gasteiger charge is -2.29. The Balaban J connectivity index is 2.11. The van der Waals surface area contributed by atoms with E-state index in [0.29, 0.717) is 0 Å². The first kappa shape index (κ1) is 10.5. The van der Waals surface area contributed by atoms with Gasteiger partial charge in [-0.15, -0.1) is 0 Å². The second-order valence-corrected chi connectivity index (χ2v) is 4.60. The second-order valence-electron chi connectivity index (χ2n) is 4.60. The van der Waals surface area contributed by atoms with Gasteiger partial charge in [0.2, 0.25) is 0 Å². The van der Waals surface area contributed by atoms with Crippen molar-refractivity contribution in [1.29, 1.82) is 0 Å². The van der Waals surface area contributed by atoms with Gasteiger partial charge < -0.3 is 10.2 Å². The molecule has 1 fully saturated rings. The van der Waals surface area contributed by atoms with Gasteiger partial charge in [-0.25, -0.2) is 4.98 Å². The highest BCUT2D eigenvalue weighted by molar-refractivity contribution is 5.92. The number of piperazine rings is 1. The van der Waals surface area contributed by atoms with Crippen molar-refractivity contribution >= 4 is 16.6 Å². The van der Waals surface area contributed by atoms with Gasteiger partial charge >= 0.3 is 0 Å². The maximum atomic E-state index is 4.57. The summed E-state index contributed by atoms with van der Waals surface area (Å²) in [6.45, 7) is 6.31. The minimum atomic E-state index is 1.04. The summed E-state index contributed by atoms with van der Waals surface area (Å²) < 4.78 is 0. The van der Waals surface area contributed by atoms with Crippen LogP contribution in [0.1, 0.15) is 5.56 Å². The van der Waals surface area contributed by atoms with E-state index in [0.717, 1.165) is 32.0 Å². The molecule has 0 atom stereocenters. The van der Waals surface area contributed by atoms with Crippen LogP contribution in [-0.4, -0.2) is 31.2 Å². The average Bonchev–Trinajstić information content (AvgIpc) is 2.39. The van der Waals surface area contributed by atoms with E-state index in [-0.39, 0.29) is 0 Å². The molecule has 1 saturated heterocycles. The molecule has 2 aromatic rings. The van der Waals surface area contributed by atoms with Gasteiger partial charge in [0.05, 0.1) is 0 Å². The molecule has 2 heterocycles. The van der Waals surface area contributed by atoms with Crippen molar-refractivity contribution in [2.75, 3.05) is 31.1 Å². The molecular formula is C14H17N3. The van der Waals surface area contributed by atoms with E-state index in [4.69, 9.17) is 0 Å². The highest BCUT2D eigenvalue weighted by atomic mass is 15.2. The van der Waals surface area contributed by atoms with Crippen LogP contribution in [0.25, 0.3) is 10.8 Å². The van der Waals surface area contributed by atoms with Gasteiger partial charge in [0, 0.05) is 37.8 Å². The summed E-state index contributed by atoms with van der Waals surface area (Å²) in [5.41, 5.74) is 1.29. The summed E-state index contributed by atoms with van der Waals surface area (Å²) >= 11 is 0. The number of hydrogen-bond acceptors (Lipinski definition) is 3. The van der Waals surface area contributed by atoms with Gasteiger partial charge in [0.25, 0.3) is 0 Å². The average molecular weight is 227 g/mol. The highest BCUT2D eigenvalue weighted by Gasteiger charge is 2.14. The molecular weight excluding hydrogens is 210 g/mol. The van der Waals surface area contributed by atoms with E-state index in [9.17, 15) is 0 Å². The van der Waals surface area contributed by atoms with Crippen molar-refractivity contribution in [3.05, 3.63) is 36.0 Å². The fourth-order valence-corrected chi connectivity index (χ4v) is 2.40. The molecule has 0 unspecified atom stereocenters.